The summed E-state index contributed by atoms with van der Waals surface area (Å²) in [5.41, 5.74) is 4.28. The fraction of sp³-hybridized carbons (Fsp3) is 0.449. The van der Waals surface area contributed by atoms with E-state index in [1.807, 2.05) is 60.5 Å². The standard InChI is InChI=1S/C22H27N5O4S.C16H21N3O2S.C11H14N3O2.HI/c1-25(13-17-4-3-11-31-17)22(28)26-14-18(15-26)32(29,30)27-9-6-16(7-10-27)20-12-24-21-19(20)5-2-8-23-21;20-22(21,13-3-1-4-13)19-9-6-12(7-10-19)15-11-18-16-14(15)5-2-8-17-16;1-12-5-6-14(9-12)11(15)13(2)8-10-4-3-7-16-10;/h2-5,8,11-12,16,18H,6-7,9-10,13-15H2,1H3,(H,23,24);2,5,8,11-13H,1,3-4,6-7,9-10H2,(H,17,18);3-7,9H,8H2,1-2H3;1H/q;;+1;. The number of sulfonamides is 2. The molecule has 5 aliphatic rings. The Labute approximate surface area is 431 Å². The number of aromatic nitrogens is 4. The number of furan rings is 2. The monoisotopic (exact) mass is 1120 g/mol. The topological polar surface area (TPSA) is 210 Å². The zero-order valence-electron chi connectivity index (χ0n) is 40.3. The number of nitrogens with one attached hydrogen (secondary N) is 3. The molecule has 4 aliphatic heterocycles. The van der Waals surface area contributed by atoms with Gasteiger partial charge in [0.05, 0.1) is 30.9 Å². The first-order valence-electron chi connectivity index (χ1n) is 24.0. The molecule has 71 heavy (non-hydrogen) atoms. The van der Waals surface area contributed by atoms with Crippen molar-refractivity contribution in [1.82, 2.24) is 43.2 Å². The summed E-state index contributed by atoms with van der Waals surface area (Å²) in [6.07, 6.45) is 22.3. The van der Waals surface area contributed by atoms with Gasteiger partial charge in [0.25, 0.3) is 0 Å². The van der Waals surface area contributed by atoms with E-state index < -0.39 is 25.3 Å². The Kier molecular flexibility index (Phi) is 16.5. The number of pyridine rings is 2. The first-order chi connectivity index (χ1) is 33.8. The molecule has 22 heteroatoms. The highest BCUT2D eigenvalue weighted by Crippen LogP contribution is 2.37. The molecule has 4 fully saturated rings. The van der Waals surface area contributed by atoms with Crippen molar-refractivity contribution in [3.63, 3.8) is 0 Å². The summed E-state index contributed by atoms with van der Waals surface area (Å²) >= 11 is 0. The largest absolute Gasteiger partial charge is 1.00 e. The molecule has 1 atom stereocenters. The summed E-state index contributed by atoms with van der Waals surface area (Å²) in [6, 6.07) is 15.1. The van der Waals surface area contributed by atoms with Crippen LogP contribution in [0.4, 0.5) is 9.59 Å². The van der Waals surface area contributed by atoms with Gasteiger partial charge in [-0.25, -0.2) is 45.0 Å². The maximum Gasteiger partial charge on any atom is 0.431 e. The molecule has 1 aliphatic carbocycles. The Morgan fingerprint density at radius 3 is 1.65 bits per heavy atom. The van der Waals surface area contributed by atoms with Gasteiger partial charge < -0.3 is 52.6 Å². The molecule has 6 aromatic rings. The third-order valence-electron chi connectivity index (χ3n) is 14.2. The van der Waals surface area contributed by atoms with E-state index in [0.717, 1.165) is 67.4 Å². The lowest BCUT2D eigenvalue weighted by molar-refractivity contribution is -0.661. The highest BCUT2D eigenvalue weighted by Gasteiger charge is 2.45. The van der Waals surface area contributed by atoms with Crippen molar-refractivity contribution >= 4 is 60.5 Å². The van der Waals surface area contributed by atoms with Gasteiger partial charge >= 0.3 is 18.4 Å². The van der Waals surface area contributed by atoms with Gasteiger partial charge in [-0.1, -0.05) is 6.42 Å². The predicted octanol–water partition coefficient (Wildman–Crippen LogP) is 2.10. The second kappa shape index (κ2) is 22.6. The zero-order chi connectivity index (χ0) is 49.0. The number of piperidine rings is 2. The molecule has 1 saturated carbocycles. The quantitative estimate of drug-likeness (QED) is 0.135. The maximum absolute atomic E-state index is 13.1. The Balaban J connectivity index is 0.000000151. The Morgan fingerprint density at radius 2 is 1.21 bits per heavy atom. The third-order valence-corrected chi connectivity index (χ3v) is 18.8. The number of urea groups is 2. The van der Waals surface area contributed by atoms with Crippen LogP contribution in [0.2, 0.25) is 0 Å². The molecule has 10 heterocycles. The number of carbonyl (C=O) groups excluding carboxylic acids is 2. The molecular formula is C49H63IN11O8S2+. The van der Waals surface area contributed by atoms with E-state index in [0.29, 0.717) is 61.8 Å². The molecule has 380 valence electrons. The molecule has 3 N–H and O–H groups in total. The molecule has 6 aromatic heterocycles. The van der Waals surface area contributed by atoms with Crippen LogP contribution in [0.5, 0.6) is 0 Å². The minimum absolute atomic E-state index is 0. The molecule has 0 bridgehead atoms. The fourth-order valence-electron chi connectivity index (χ4n) is 9.85. The van der Waals surface area contributed by atoms with Crippen LogP contribution in [-0.2, 0) is 33.1 Å². The smallest absolute Gasteiger partial charge is 0.431 e. The van der Waals surface area contributed by atoms with E-state index in [9.17, 15) is 26.4 Å². The second-order valence-corrected chi connectivity index (χ2v) is 23.3. The van der Waals surface area contributed by atoms with Crippen molar-refractivity contribution in [3.05, 3.63) is 121 Å². The lowest BCUT2D eigenvalue weighted by Gasteiger charge is -2.43. The van der Waals surface area contributed by atoms with Crippen LogP contribution >= 0.6 is 0 Å². The van der Waals surface area contributed by atoms with Crippen LogP contribution < -0.4 is 28.9 Å². The van der Waals surface area contributed by atoms with Crippen molar-refractivity contribution in [2.45, 2.75) is 80.4 Å². The number of amides is 4. The van der Waals surface area contributed by atoms with Crippen molar-refractivity contribution in [2.24, 2.45) is 0 Å². The van der Waals surface area contributed by atoms with Crippen LogP contribution in [0.15, 0.2) is 107 Å². The number of nitrogens with zero attached hydrogens (tertiary/aromatic N) is 8. The minimum atomic E-state index is -3.42. The number of halogens is 1. The summed E-state index contributed by atoms with van der Waals surface area (Å²) in [6.45, 7) is 3.62. The van der Waals surface area contributed by atoms with Gasteiger partial charge in [-0.3, -0.25) is 4.90 Å². The van der Waals surface area contributed by atoms with Gasteiger partial charge in [-0.15, -0.1) is 4.90 Å². The minimum Gasteiger partial charge on any atom is -1.00 e. The van der Waals surface area contributed by atoms with Gasteiger partial charge in [0.2, 0.25) is 26.2 Å². The van der Waals surface area contributed by atoms with Crippen molar-refractivity contribution in [3.8, 4) is 0 Å². The molecule has 11 rings (SSSR count). The number of likely N-dealkylation sites (tertiary alicyclic amines) is 1. The highest BCUT2D eigenvalue weighted by molar-refractivity contribution is 7.90. The van der Waals surface area contributed by atoms with E-state index in [4.69, 9.17) is 8.83 Å². The lowest BCUT2D eigenvalue weighted by Crippen LogP contribution is -3.10. The van der Waals surface area contributed by atoms with E-state index >= 15 is 0 Å². The van der Waals surface area contributed by atoms with Gasteiger partial charge in [0.1, 0.15) is 35.1 Å². The number of hydrogen-bond donors (Lipinski definition) is 3. The predicted molar refractivity (Wildman–Crippen MR) is 264 cm³/mol. The first-order valence-corrected chi connectivity index (χ1v) is 27.0. The van der Waals surface area contributed by atoms with Gasteiger partial charge in [-0.2, -0.15) is 4.58 Å². The second-order valence-electron chi connectivity index (χ2n) is 18.8. The number of rotatable bonds is 10. The number of quaternary nitrogens is 1. The molecule has 0 radical (unpaired) electrons. The number of fused-ring (bicyclic) bond motifs is 2. The lowest BCUT2D eigenvalue weighted by atomic mass is 9.90. The van der Waals surface area contributed by atoms with Crippen LogP contribution in [0, 0.1) is 0 Å². The van der Waals surface area contributed by atoms with E-state index in [-0.39, 0.29) is 54.4 Å². The number of hydrogen-bond acceptors (Lipinski definition) is 10. The van der Waals surface area contributed by atoms with Crippen LogP contribution in [-0.4, -0.2) is 154 Å². The average molecular weight is 1130 g/mol. The Morgan fingerprint density at radius 1 is 0.718 bits per heavy atom. The average Bonchev–Trinajstić information content (AvgIpc) is 4.20. The number of aromatic amines is 2. The summed E-state index contributed by atoms with van der Waals surface area (Å²) < 4.78 is 66.8. The maximum atomic E-state index is 13.1. The number of carbonyl (C=O) groups is 2. The van der Waals surface area contributed by atoms with Crippen molar-refractivity contribution in [1.29, 1.82) is 0 Å². The Bertz CT molecular complexity index is 3020. The van der Waals surface area contributed by atoms with Crippen LogP contribution in [0.1, 0.15) is 79.4 Å². The summed E-state index contributed by atoms with van der Waals surface area (Å²) in [5, 5.41) is 1.64. The van der Waals surface area contributed by atoms with E-state index in [1.54, 1.807) is 80.9 Å². The first kappa shape index (κ1) is 51.9. The van der Waals surface area contributed by atoms with Gasteiger partial charge in [0.15, 0.2) is 6.20 Å². The number of H-pyrrole nitrogens is 2. The highest BCUT2D eigenvalue weighted by atomic mass is 127. The summed E-state index contributed by atoms with van der Waals surface area (Å²) in [7, 11) is -1.12. The normalized spacial score (nSPS) is 19.5. The fourth-order valence-corrected chi connectivity index (χ4v) is 13.8. The third kappa shape index (κ3) is 11.6. The molecule has 4 amide bonds. The molecule has 0 aromatic carbocycles. The molecule has 3 saturated heterocycles. The molecular weight excluding hydrogens is 1060 g/mol. The van der Waals surface area contributed by atoms with Crippen LogP contribution in [0.3, 0.4) is 0 Å². The Hall–Kier alpha value is -5.40. The zero-order valence-corrected chi connectivity index (χ0v) is 44.1. The summed E-state index contributed by atoms with van der Waals surface area (Å²) in [4.78, 5) is 45.1. The molecule has 1 unspecified atom stereocenters. The van der Waals surface area contributed by atoms with Crippen molar-refractivity contribution in [2.75, 3.05) is 60.4 Å². The molecule has 0 spiro atoms. The SMILES string of the molecule is CN(Cc1ccco1)C(=O)N1CC(S(=O)(=O)N2CCC(c3c[nH]c4ncccc34)CC2)C1.CN(Cc1ccco1)C(=O)[NH+]1C=C[N+](C)=C1.O=S(=O)(C1CCC1)N1CCC(c2c[nH]c3ncccc23)CC1.[I-]. The van der Waals surface area contributed by atoms with Gasteiger partial charge in [0, 0.05) is 88.9 Å². The van der Waals surface area contributed by atoms with E-state index in [1.165, 1.54) is 16.5 Å². The van der Waals surface area contributed by atoms with E-state index in [2.05, 4.69) is 32.1 Å². The van der Waals surface area contributed by atoms with Crippen LogP contribution in [0.25, 0.3) is 22.1 Å². The summed E-state index contributed by atoms with van der Waals surface area (Å²) in [5.74, 6) is 2.21. The van der Waals surface area contributed by atoms with Crippen molar-refractivity contribution < 1.29 is 68.7 Å². The van der Waals surface area contributed by atoms with Gasteiger partial charge in [-0.05, 0) is 110 Å². The molecule has 19 nitrogen and oxygen atoms in total.